The molecule has 0 aliphatic carbocycles. The standard InChI is InChI=1S/C59H111NO10/c1-3-5-7-9-11-13-15-17-19-20-21-22-23-24-25-26-27-28-29-30-31-32-33-35-36-38-40-42-44-46-51(62)54(64)50(49-69-59-57(67)56(66)55(65)53(48-61)70-59)60-58(68)52(63)47-45-43-41-39-37-34-18-16-14-12-10-8-6-4-2/h28-29,32-33,38,40,50-57,59,61-67H,3-27,30-31,34-37,39,41-49H2,1-2H3,(H,60,68)/b29-28+,33-32+,40-38+. The number of aliphatic hydroxyl groups is 7. The quantitative estimate of drug-likeness (QED) is 0.0215. The third kappa shape index (κ3) is 36.3. The molecule has 1 aliphatic heterocycles. The third-order valence-corrected chi connectivity index (χ3v) is 14.2. The fraction of sp³-hybridized carbons (Fsp3) is 0.881. The second kappa shape index (κ2) is 48.3. The van der Waals surface area contributed by atoms with Crippen LogP contribution < -0.4 is 5.32 Å². The van der Waals surface area contributed by atoms with Crippen LogP contribution in [0.1, 0.15) is 264 Å². The summed E-state index contributed by atoms with van der Waals surface area (Å²) in [6, 6.07) is -1.19. The Balaban J connectivity index is 2.31. The Morgan fingerprint density at radius 3 is 1.27 bits per heavy atom. The molecule has 1 heterocycles. The van der Waals surface area contributed by atoms with Gasteiger partial charge in [-0.05, 0) is 64.2 Å². The summed E-state index contributed by atoms with van der Waals surface area (Å²) in [5.41, 5.74) is 0. The highest BCUT2D eigenvalue weighted by Gasteiger charge is 2.44. The van der Waals surface area contributed by atoms with E-state index in [2.05, 4.69) is 55.6 Å². The van der Waals surface area contributed by atoms with Crippen molar-refractivity contribution in [3.8, 4) is 0 Å². The number of hydrogen-bond acceptors (Lipinski definition) is 10. The first-order chi connectivity index (χ1) is 34.2. The van der Waals surface area contributed by atoms with Crippen LogP contribution in [0.4, 0.5) is 0 Å². The summed E-state index contributed by atoms with van der Waals surface area (Å²) >= 11 is 0. The SMILES string of the molecule is CCCCCCCCCCCCCCCCCC/C=C/CC/C=C/CC/C=C/CCCC(O)C(O)C(COC1OC(CO)C(O)C(O)C1O)NC(=O)C(O)CCCCCCCCCCCCCCCC. The Kier molecular flexibility index (Phi) is 45.8. The van der Waals surface area contributed by atoms with Gasteiger partial charge in [-0.25, -0.2) is 0 Å². The van der Waals surface area contributed by atoms with Gasteiger partial charge in [0, 0.05) is 0 Å². The molecule has 11 nitrogen and oxygen atoms in total. The number of allylic oxidation sites excluding steroid dienone is 6. The second-order valence-electron chi connectivity index (χ2n) is 20.7. The fourth-order valence-corrected chi connectivity index (χ4v) is 9.36. The fourth-order valence-electron chi connectivity index (χ4n) is 9.36. The molecular weight excluding hydrogens is 883 g/mol. The van der Waals surface area contributed by atoms with Gasteiger partial charge in [0.15, 0.2) is 6.29 Å². The lowest BCUT2D eigenvalue weighted by Crippen LogP contribution is -2.60. The van der Waals surface area contributed by atoms with Gasteiger partial charge in [-0.15, -0.1) is 0 Å². The van der Waals surface area contributed by atoms with Crippen LogP contribution in [0.15, 0.2) is 36.5 Å². The maximum Gasteiger partial charge on any atom is 0.249 e. The molecule has 0 aromatic rings. The minimum atomic E-state index is -1.67. The van der Waals surface area contributed by atoms with E-state index in [1.54, 1.807) is 0 Å². The van der Waals surface area contributed by atoms with Gasteiger partial charge in [-0.3, -0.25) is 4.79 Å². The number of amides is 1. The average Bonchev–Trinajstić information content (AvgIpc) is 3.36. The summed E-state index contributed by atoms with van der Waals surface area (Å²) in [5, 5.41) is 76.0. The number of unbranched alkanes of at least 4 members (excludes halogenated alkanes) is 32. The van der Waals surface area contributed by atoms with Gasteiger partial charge >= 0.3 is 0 Å². The lowest BCUT2D eigenvalue weighted by Gasteiger charge is -2.40. The lowest BCUT2D eigenvalue weighted by molar-refractivity contribution is -0.303. The van der Waals surface area contributed by atoms with Crippen molar-refractivity contribution < 1.29 is 50.0 Å². The molecule has 1 saturated heterocycles. The lowest BCUT2D eigenvalue weighted by atomic mass is 9.98. The topological polar surface area (TPSA) is 189 Å². The van der Waals surface area contributed by atoms with Crippen LogP contribution >= 0.6 is 0 Å². The van der Waals surface area contributed by atoms with E-state index in [1.807, 2.05) is 0 Å². The molecule has 0 spiro atoms. The highest BCUT2D eigenvalue weighted by atomic mass is 16.7. The van der Waals surface area contributed by atoms with Crippen molar-refractivity contribution in [3.63, 3.8) is 0 Å². The predicted molar refractivity (Wildman–Crippen MR) is 289 cm³/mol. The van der Waals surface area contributed by atoms with E-state index in [4.69, 9.17) is 9.47 Å². The Bertz CT molecular complexity index is 1230. The van der Waals surface area contributed by atoms with E-state index >= 15 is 0 Å². The van der Waals surface area contributed by atoms with E-state index in [1.165, 1.54) is 173 Å². The number of ether oxygens (including phenoxy) is 2. The van der Waals surface area contributed by atoms with E-state index in [0.717, 1.165) is 44.9 Å². The zero-order valence-electron chi connectivity index (χ0n) is 45.0. The van der Waals surface area contributed by atoms with Crippen molar-refractivity contribution in [2.75, 3.05) is 13.2 Å². The number of carbonyl (C=O) groups is 1. The Hall–Kier alpha value is -1.67. The Morgan fingerprint density at radius 2 is 0.857 bits per heavy atom. The first kappa shape index (κ1) is 66.3. The highest BCUT2D eigenvalue weighted by Crippen LogP contribution is 2.23. The summed E-state index contributed by atoms with van der Waals surface area (Å²) in [6.45, 7) is 3.45. The van der Waals surface area contributed by atoms with Gasteiger partial charge in [-0.2, -0.15) is 0 Å². The number of aliphatic hydroxyl groups excluding tert-OH is 7. The molecule has 70 heavy (non-hydrogen) atoms. The largest absolute Gasteiger partial charge is 0.394 e. The van der Waals surface area contributed by atoms with Gasteiger partial charge in [0.2, 0.25) is 5.91 Å². The number of hydrogen-bond donors (Lipinski definition) is 8. The molecular formula is C59H111NO10. The monoisotopic (exact) mass is 994 g/mol. The average molecular weight is 995 g/mol. The highest BCUT2D eigenvalue weighted by molar-refractivity contribution is 5.80. The number of carbonyl (C=O) groups excluding carboxylic acids is 1. The van der Waals surface area contributed by atoms with Crippen LogP contribution in [0.25, 0.3) is 0 Å². The Labute approximate surface area is 428 Å². The summed E-state index contributed by atoms with van der Waals surface area (Å²) in [5.74, 6) is -0.711. The van der Waals surface area contributed by atoms with Crippen LogP contribution in [0.2, 0.25) is 0 Å². The molecule has 8 N–H and O–H groups in total. The van der Waals surface area contributed by atoms with Crippen LogP contribution in [0.5, 0.6) is 0 Å². The molecule has 9 unspecified atom stereocenters. The molecule has 1 aliphatic rings. The molecule has 9 atom stereocenters. The summed E-state index contributed by atoms with van der Waals surface area (Å²) in [6.07, 6.45) is 47.9. The van der Waals surface area contributed by atoms with E-state index in [0.29, 0.717) is 19.3 Å². The first-order valence-corrected chi connectivity index (χ1v) is 29.4. The Morgan fingerprint density at radius 1 is 0.486 bits per heavy atom. The molecule has 1 amide bonds. The van der Waals surface area contributed by atoms with Crippen LogP contribution in [0, 0.1) is 0 Å². The van der Waals surface area contributed by atoms with E-state index in [9.17, 15) is 40.5 Å². The van der Waals surface area contributed by atoms with Crippen molar-refractivity contribution >= 4 is 5.91 Å². The van der Waals surface area contributed by atoms with Gasteiger partial charge in [0.1, 0.15) is 36.6 Å². The van der Waals surface area contributed by atoms with Crippen molar-refractivity contribution in [1.82, 2.24) is 5.32 Å². The first-order valence-electron chi connectivity index (χ1n) is 29.4. The van der Waals surface area contributed by atoms with Crippen LogP contribution in [-0.2, 0) is 14.3 Å². The molecule has 0 aromatic heterocycles. The predicted octanol–water partition coefficient (Wildman–Crippen LogP) is 12.3. The zero-order valence-corrected chi connectivity index (χ0v) is 45.0. The molecule has 0 saturated carbocycles. The van der Waals surface area contributed by atoms with Crippen LogP contribution in [-0.4, -0.2) is 110 Å². The van der Waals surface area contributed by atoms with E-state index < -0.39 is 74.2 Å². The van der Waals surface area contributed by atoms with Crippen molar-refractivity contribution in [2.45, 2.75) is 319 Å². The maximum absolute atomic E-state index is 13.1. The maximum atomic E-state index is 13.1. The summed E-state index contributed by atoms with van der Waals surface area (Å²) < 4.78 is 11.1. The molecule has 0 bridgehead atoms. The normalized spacial score (nSPS) is 20.5. The van der Waals surface area contributed by atoms with Gasteiger partial charge in [0.05, 0.1) is 25.4 Å². The molecule has 1 fully saturated rings. The molecule has 412 valence electrons. The molecule has 0 aromatic carbocycles. The third-order valence-electron chi connectivity index (χ3n) is 14.2. The van der Waals surface area contributed by atoms with E-state index in [-0.39, 0.29) is 12.8 Å². The van der Waals surface area contributed by atoms with Crippen molar-refractivity contribution in [1.29, 1.82) is 0 Å². The number of rotatable bonds is 50. The summed E-state index contributed by atoms with van der Waals surface area (Å²) in [4.78, 5) is 13.1. The van der Waals surface area contributed by atoms with Gasteiger partial charge in [-0.1, -0.05) is 237 Å². The molecule has 1 rings (SSSR count). The second-order valence-corrected chi connectivity index (χ2v) is 20.7. The summed E-state index contributed by atoms with van der Waals surface area (Å²) in [7, 11) is 0. The smallest absolute Gasteiger partial charge is 0.249 e. The van der Waals surface area contributed by atoms with Gasteiger partial charge in [0.25, 0.3) is 0 Å². The molecule has 11 heteroatoms. The zero-order chi connectivity index (χ0) is 51.1. The minimum Gasteiger partial charge on any atom is -0.394 e. The molecule has 0 radical (unpaired) electrons. The van der Waals surface area contributed by atoms with Crippen molar-refractivity contribution in [2.24, 2.45) is 0 Å². The van der Waals surface area contributed by atoms with Crippen molar-refractivity contribution in [3.05, 3.63) is 36.5 Å². The minimum absolute atomic E-state index is 0.242. The number of nitrogens with one attached hydrogen (secondary N) is 1. The van der Waals surface area contributed by atoms with Gasteiger partial charge < -0.3 is 50.5 Å². The van der Waals surface area contributed by atoms with Crippen LogP contribution in [0.3, 0.4) is 0 Å².